The highest BCUT2D eigenvalue weighted by Gasteiger charge is 2.19. The van der Waals surface area contributed by atoms with Crippen LogP contribution < -0.4 is 0 Å². The van der Waals surface area contributed by atoms with E-state index in [2.05, 4.69) is 21.1 Å². The summed E-state index contributed by atoms with van der Waals surface area (Å²) in [6, 6.07) is 13.4. The molecule has 0 bridgehead atoms. The molecule has 3 rings (SSSR count). The fourth-order valence-corrected chi connectivity index (χ4v) is 2.62. The maximum absolute atomic E-state index is 13.0. The molecule has 0 spiro atoms. The summed E-state index contributed by atoms with van der Waals surface area (Å²) in [6.07, 6.45) is 0. The van der Waals surface area contributed by atoms with Gasteiger partial charge in [-0.05, 0) is 30.3 Å². The fourth-order valence-electron chi connectivity index (χ4n) is 2.15. The van der Waals surface area contributed by atoms with Crippen LogP contribution in [0, 0.1) is 5.82 Å². The molecule has 0 aliphatic rings. The number of nitrogens with zero attached hydrogens (tertiary/aromatic N) is 1. The number of halogens is 2. The average Bonchev–Trinajstić information content (AvgIpc) is 2.92. The molecule has 21 heavy (non-hydrogen) atoms. The summed E-state index contributed by atoms with van der Waals surface area (Å²) < 4.78 is 19.2. The van der Waals surface area contributed by atoms with Gasteiger partial charge in [-0.2, -0.15) is 0 Å². The molecule has 3 nitrogen and oxygen atoms in total. The molecule has 0 saturated carbocycles. The maximum Gasteiger partial charge on any atom is 0.173 e. The average molecular weight is 348 g/mol. The Balaban J connectivity index is 2.13. The van der Waals surface area contributed by atoms with Crippen molar-refractivity contribution in [1.29, 1.82) is 0 Å². The normalized spacial score (nSPS) is 10.8. The molecule has 0 aliphatic heterocycles. The van der Waals surface area contributed by atoms with Crippen LogP contribution in [0.15, 0.2) is 57.5 Å². The fraction of sp³-hybridized carbons (Fsp3) is 0.0625. The molecule has 1 N–H and O–H groups in total. The molecule has 0 aliphatic carbocycles. The minimum atomic E-state index is -0.324. The van der Waals surface area contributed by atoms with Crippen LogP contribution in [0.5, 0.6) is 0 Å². The predicted molar refractivity (Wildman–Crippen MR) is 81.0 cm³/mol. The van der Waals surface area contributed by atoms with Crippen molar-refractivity contribution in [3.8, 4) is 22.6 Å². The number of benzene rings is 2. The van der Waals surface area contributed by atoms with Gasteiger partial charge in [0.2, 0.25) is 0 Å². The van der Waals surface area contributed by atoms with Crippen LogP contribution in [0.4, 0.5) is 4.39 Å². The van der Waals surface area contributed by atoms with Crippen LogP contribution >= 0.6 is 15.9 Å². The second-order valence-corrected chi connectivity index (χ2v) is 5.34. The van der Waals surface area contributed by atoms with E-state index in [0.29, 0.717) is 22.6 Å². The van der Waals surface area contributed by atoms with E-state index in [1.54, 1.807) is 12.1 Å². The van der Waals surface area contributed by atoms with Crippen molar-refractivity contribution in [2.24, 2.45) is 0 Å². The van der Waals surface area contributed by atoms with Gasteiger partial charge in [-0.15, -0.1) is 0 Å². The van der Waals surface area contributed by atoms with Gasteiger partial charge >= 0.3 is 0 Å². The Bertz CT molecular complexity index is 768. The van der Waals surface area contributed by atoms with Crippen molar-refractivity contribution in [1.82, 2.24) is 5.16 Å². The van der Waals surface area contributed by atoms with Crippen molar-refractivity contribution < 1.29 is 14.0 Å². The van der Waals surface area contributed by atoms with Gasteiger partial charge in [-0.25, -0.2) is 4.39 Å². The Kier molecular flexibility index (Phi) is 3.86. The Labute approximate surface area is 129 Å². The van der Waals surface area contributed by atoms with Gasteiger partial charge in [0.15, 0.2) is 5.76 Å². The largest absolute Gasteiger partial charge is 0.391 e. The molecule has 3 aromatic rings. The summed E-state index contributed by atoms with van der Waals surface area (Å²) in [5, 5.41) is 13.7. The molecule has 5 heteroatoms. The lowest BCUT2D eigenvalue weighted by Gasteiger charge is -2.03. The van der Waals surface area contributed by atoms with Crippen molar-refractivity contribution in [2.75, 3.05) is 0 Å². The smallest absolute Gasteiger partial charge is 0.173 e. The molecule has 0 radical (unpaired) electrons. The predicted octanol–water partition coefficient (Wildman–Crippen LogP) is 4.40. The monoisotopic (exact) mass is 347 g/mol. The summed E-state index contributed by atoms with van der Waals surface area (Å²) in [7, 11) is 0. The van der Waals surface area contributed by atoms with E-state index in [1.807, 2.05) is 24.3 Å². The summed E-state index contributed by atoms with van der Waals surface area (Å²) in [5.74, 6) is 0.123. The first-order valence-corrected chi connectivity index (χ1v) is 7.10. The van der Waals surface area contributed by atoms with Crippen LogP contribution in [-0.4, -0.2) is 10.3 Å². The highest BCUT2D eigenvalue weighted by Crippen LogP contribution is 2.35. The van der Waals surface area contributed by atoms with Crippen LogP contribution in [0.1, 0.15) is 5.56 Å². The second-order valence-electron chi connectivity index (χ2n) is 4.48. The Morgan fingerprint density at radius 1 is 1.10 bits per heavy atom. The third-order valence-corrected chi connectivity index (χ3v) is 3.87. The van der Waals surface area contributed by atoms with Crippen LogP contribution in [0.2, 0.25) is 0 Å². The molecule has 0 atom stereocenters. The maximum atomic E-state index is 13.0. The minimum Gasteiger partial charge on any atom is -0.391 e. The van der Waals surface area contributed by atoms with E-state index in [4.69, 9.17) is 4.52 Å². The number of hydrogen-bond acceptors (Lipinski definition) is 3. The van der Waals surface area contributed by atoms with E-state index in [0.717, 1.165) is 10.0 Å². The first-order valence-electron chi connectivity index (χ1n) is 6.31. The lowest BCUT2D eigenvalue weighted by Crippen LogP contribution is -1.90. The zero-order valence-electron chi connectivity index (χ0n) is 10.9. The lowest BCUT2D eigenvalue weighted by atomic mass is 10.0. The standard InChI is InChI=1S/C16H11BrFNO2/c17-14-4-2-1-3-12(14)15-13(9-20)16(21-19-15)10-5-7-11(18)8-6-10/h1-8,20H,9H2. The topological polar surface area (TPSA) is 46.3 Å². The molecule has 2 aromatic carbocycles. The van der Waals surface area contributed by atoms with Crippen molar-refractivity contribution in [3.05, 3.63) is 64.4 Å². The van der Waals surface area contributed by atoms with Crippen LogP contribution in [0.25, 0.3) is 22.6 Å². The third kappa shape index (κ3) is 2.62. The number of hydrogen-bond donors (Lipinski definition) is 1. The molecule has 1 heterocycles. The van der Waals surface area contributed by atoms with E-state index < -0.39 is 0 Å². The van der Waals surface area contributed by atoms with E-state index in [1.165, 1.54) is 12.1 Å². The first-order chi connectivity index (χ1) is 10.2. The molecule has 0 amide bonds. The molecule has 0 saturated heterocycles. The van der Waals surface area contributed by atoms with Gasteiger partial charge in [0.05, 0.1) is 12.2 Å². The SMILES string of the molecule is OCc1c(-c2ccccc2Br)noc1-c1ccc(F)cc1. The van der Waals surface area contributed by atoms with Gasteiger partial charge in [0.25, 0.3) is 0 Å². The Morgan fingerprint density at radius 2 is 1.81 bits per heavy atom. The zero-order valence-corrected chi connectivity index (χ0v) is 12.5. The molecule has 0 unspecified atom stereocenters. The third-order valence-electron chi connectivity index (χ3n) is 3.18. The van der Waals surface area contributed by atoms with Gasteiger partial charge in [-0.1, -0.05) is 39.3 Å². The molecule has 0 fully saturated rings. The minimum absolute atomic E-state index is 0.215. The van der Waals surface area contributed by atoms with E-state index in [-0.39, 0.29) is 12.4 Å². The van der Waals surface area contributed by atoms with Crippen molar-refractivity contribution in [2.45, 2.75) is 6.61 Å². The second kappa shape index (κ2) is 5.79. The quantitative estimate of drug-likeness (QED) is 0.763. The van der Waals surface area contributed by atoms with E-state index >= 15 is 0 Å². The van der Waals surface area contributed by atoms with Crippen LogP contribution in [0.3, 0.4) is 0 Å². The number of aromatic nitrogens is 1. The summed E-state index contributed by atoms with van der Waals surface area (Å²) >= 11 is 3.46. The van der Waals surface area contributed by atoms with Crippen LogP contribution in [-0.2, 0) is 6.61 Å². The summed E-state index contributed by atoms with van der Waals surface area (Å²) in [4.78, 5) is 0. The number of rotatable bonds is 3. The molecular weight excluding hydrogens is 337 g/mol. The van der Waals surface area contributed by atoms with Gasteiger partial charge < -0.3 is 9.63 Å². The van der Waals surface area contributed by atoms with Gasteiger partial charge in [-0.3, -0.25) is 0 Å². The Morgan fingerprint density at radius 3 is 2.48 bits per heavy atom. The number of aliphatic hydroxyl groups is 1. The lowest BCUT2D eigenvalue weighted by molar-refractivity contribution is 0.281. The summed E-state index contributed by atoms with van der Waals surface area (Å²) in [5.41, 5.74) is 2.66. The number of aliphatic hydroxyl groups excluding tert-OH is 1. The van der Waals surface area contributed by atoms with E-state index in [9.17, 15) is 9.50 Å². The van der Waals surface area contributed by atoms with Gasteiger partial charge in [0, 0.05) is 15.6 Å². The highest BCUT2D eigenvalue weighted by molar-refractivity contribution is 9.10. The molecular formula is C16H11BrFNO2. The van der Waals surface area contributed by atoms with Crippen molar-refractivity contribution in [3.63, 3.8) is 0 Å². The van der Waals surface area contributed by atoms with Gasteiger partial charge in [0.1, 0.15) is 11.5 Å². The zero-order chi connectivity index (χ0) is 14.8. The molecule has 1 aromatic heterocycles. The van der Waals surface area contributed by atoms with Crippen molar-refractivity contribution >= 4 is 15.9 Å². The summed E-state index contributed by atoms with van der Waals surface area (Å²) in [6.45, 7) is -0.215. The first kappa shape index (κ1) is 14.0. The highest BCUT2D eigenvalue weighted by atomic mass is 79.9. The Hall–Kier alpha value is -1.98. The molecule has 106 valence electrons.